The highest BCUT2D eigenvalue weighted by Gasteiger charge is 2.36. The van der Waals surface area contributed by atoms with E-state index in [1.165, 1.54) is 58.2 Å². The van der Waals surface area contributed by atoms with E-state index < -0.39 is 0 Å². The fourth-order valence-electron chi connectivity index (χ4n) is 4.09. The van der Waals surface area contributed by atoms with Crippen LogP contribution in [0.2, 0.25) is 0 Å². The van der Waals surface area contributed by atoms with Gasteiger partial charge in [-0.15, -0.1) is 0 Å². The monoisotopic (exact) mass is 266 g/mol. The van der Waals surface area contributed by atoms with Gasteiger partial charge in [0.1, 0.15) is 0 Å². The molecule has 1 saturated heterocycles. The Labute approximate surface area is 120 Å². The maximum atomic E-state index is 3.82. The number of rotatable bonds is 5. The molecule has 1 saturated carbocycles. The van der Waals surface area contributed by atoms with Gasteiger partial charge >= 0.3 is 0 Å². The molecule has 19 heavy (non-hydrogen) atoms. The summed E-state index contributed by atoms with van der Waals surface area (Å²) in [5, 5.41) is 3.82. The molecule has 2 nitrogen and oxygen atoms in total. The van der Waals surface area contributed by atoms with Gasteiger partial charge in [0.15, 0.2) is 0 Å². The second kappa shape index (κ2) is 6.58. The molecule has 2 aliphatic rings. The van der Waals surface area contributed by atoms with Gasteiger partial charge < -0.3 is 10.2 Å². The summed E-state index contributed by atoms with van der Waals surface area (Å²) in [7, 11) is 0. The van der Waals surface area contributed by atoms with Gasteiger partial charge in [0, 0.05) is 18.6 Å². The predicted molar refractivity (Wildman–Crippen MR) is 83.5 cm³/mol. The van der Waals surface area contributed by atoms with E-state index in [1.807, 2.05) is 0 Å². The third kappa shape index (κ3) is 4.19. The molecule has 2 rings (SSSR count). The van der Waals surface area contributed by atoms with Crippen LogP contribution in [-0.4, -0.2) is 36.6 Å². The van der Waals surface area contributed by atoms with E-state index in [9.17, 15) is 0 Å². The molecule has 2 fully saturated rings. The lowest BCUT2D eigenvalue weighted by Crippen LogP contribution is -2.48. The minimum atomic E-state index is 0.554. The molecule has 0 aromatic heterocycles. The summed E-state index contributed by atoms with van der Waals surface area (Å²) in [6.07, 6.45) is 8.23. The Bertz CT molecular complexity index is 274. The summed E-state index contributed by atoms with van der Waals surface area (Å²) in [6, 6.07) is 1.58. The first-order valence-electron chi connectivity index (χ1n) is 8.49. The molecule has 0 spiro atoms. The van der Waals surface area contributed by atoms with Crippen LogP contribution < -0.4 is 5.32 Å². The zero-order valence-electron chi connectivity index (χ0n) is 13.5. The van der Waals surface area contributed by atoms with E-state index in [0.29, 0.717) is 5.41 Å². The Morgan fingerprint density at radius 2 is 2.05 bits per heavy atom. The van der Waals surface area contributed by atoms with Crippen LogP contribution in [0.3, 0.4) is 0 Å². The number of likely N-dealkylation sites (tertiary alicyclic amines) is 1. The van der Waals surface area contributed by atoms with Crippen molar-refractivity contribution in [3.05, 3.63) is 0 Å². The van der Waals surface area contributed by atoms with Gasteiger partial charge in [-0.2, -0.15) is 0 Å². The summed E-state index contributed by atoms with van der Waals surface area (Å²) >= 11 is 0. The molecule has 0 aromatic carbocycles. The molecule has 0 radical (unpaired) electrons. The minimum absolute atomic E-state index is 0.554. The Kier molecular flexibility index (Phi) is 5.30. The summed E-state index contributed by atoms with van der Waals surface area (Å²) in [4.78, 5) is 2.74. The SMILES string of the molecule is CCCNC1CCC(C)(C)CC1CN1CCCC1C. The third-order valence-electron chi connectivity index (χ3n) is 5.33. The fourth-order valence-corrected chi connectivity index (χ4v) is 4.09. The van der Waals surface area contributed by atoms with Crippen molar-refractivity contribution >= 4 is 0 Å². The van der Waals surface area contributed by atoms with Gasteiger partial charge in [0.25, 0.3) is 0 Å². The Hall–Kier alpha value is -0.0800. The first-order valence-corrected chi connectivity index (χ1v) is 8.49. The van der Waals surface area contributed by atoms with E-state index >= 15 is 0 Å². The lowest BCUT2D eigenvalue weighted by Gasteiger charge is -2.43. The van der Waals surface area contributed by atoms with Crippen molar-refractivity contribution in [3.8, 4) is 0 Å². The molecule has 0 amide bonds. The van der Waals surface area contributed by atoms with Gasteiger partial charge in [-0.3, -0.25) is 0 Å². The number of hydrogen-bond donors (Lipinski definition) is 1. The van der Waals surface area contributed by atoms with E-state index in [2.05, 4.69) is 37.9 Å². The first-order chi connectivity index (χ1) is 9.02. The largest absolute Gasteiger partial charge is 0.314 e. The number of nitrogens with zero attached hydrogens (tertiary/aromatic N) is 1. The Balaban J connectivity index is 1.94. The molecule has 1 aliphatic heterocycles. The average molecular weight is 266 g/mol. The van der Waals surface area contributed by atoms with Gasteiger partial charge in [-0.1, -0.05) is 20.8 Å². The van der Waals surface area contributed by atoms with E-state index in [1.54, 1.807) is 0 Å². The van der Waals surface area contributed by atoms with Gasteiger partial charge in [0.2, 0.25) is 0 Å². The lowest BCUT2D eigenvalue weighted by molar-refractivity contribution is 0.0976. The van der Waals surface area contributed by atoms with Gasteiger partial charge in [-0.25, -0.2) is 0 Å². The summed E-state index contributed by atoms with van der Waals surface area (Å²) < 4.78 is 0. The van der Waals surface area contributed by atoms with Crippen molar-refractivity contribution < 1.29 is 0 Å². The van der Waals surface area contributed by atoms with E-state index in [-0.39, 0.29) is 0 Å². The van der Waals surface area contributed by atoms with Crippen LogP contribution in [0.4, 0.5) is 0 Å². The molecule has 1 heterocycles. The van der Waals surface area contributed by atoms with Gasteiger partial charge in [0.05, 0.1) is 0 Å². The molecule has 2 heteroatoms. The number of hydrogen-bond acceptors (Lipinski definition) is 2. The maximum absolute atomic E-state index is 3.82. The van der Waals surface area contributed by atoms with Crippen LogP contribution >= 0.6 is 0 Å². The first kappa shape index (κ1) is 15.3. The molecule has 112 valence electrons. The highest BCUT2D eigenvalue weighted by atomic mass is 15.2. The van der Waals surface area contributed by atoms with Crippen LogP contribution in [0, 0.1) is 11.3 Å². The van der Waals surface area contributed by atoms with Crippen molar-refractivity contribution in [1.82, 2.24) is 10.2 Å². The summed E-state index contributed by atoms with van der Waals surface area (Å²) in [5.41, 5.74) is 0.554. The third-order valence-corrected chi connectivity index (χ3v) is 5.33. The predicted octanol–water partition coefficient (Wildman–Crippen LogP) is 3.67. The van der Waals surface area contributed by atoms with Crippen LogP contribution in [0.25, 0.3) is 0 Å². The Morgan fingerprint density at radius 1 is 1.26 bits per heavy atom. The summed E-state index contributed by atoms with van der Waals surface area (Å²) in [6.45, 7) is 13.5. The molecular formula is C17H34N2. The smallest absolute Gasteiger partial charge is 0.0108 e. The lowest BCUT2D eigenvalue weighted by atomic mass is 9.69. The number of nitrogens with one attached hydrogen (secondary N) is 1. The standard InChI is InChI=1S/C17H34N2/c1-5-10-18-16-8-9-17(3,4)12-15(16)13-19-11-6-7-14(19)2/h14-16,18H,5-13H2,1-4H3. The van der Waals surface area contributed by atoms with E-state index in [0.717, 1.165) is 18.0 Å². The highest BCUT2D eigenvalue weighted by molar-refractivity contribution is 4.91. The second-order valence-electron chi connectivity index (χ2n) is 7.71. The molecule has 3 unspecified atom stereocenters. The summed E-state index contributed by atoms with van der Waals surface area (Å²) in [5.74, 6) is 0.857. The fraction of sp³-hybridized carbons (Fsp3) is 1.00. The minimum Gasteiger partial charge on any atom is -0.314 e. The Morgan fingerprint density at radius 3 is 2.68 bits per heavy atom. The topological polar surface area (TPSA) is 15.3 Å². The molecule has 0 aromatic rings. The molecule has 0 bridgehead atoms. The van der Waals surface area contributed by atoms with Crippen molar-refractivity contribution in [1.29, 1.82) is 0 Å². The van der Waals surface area contributed by atoms with Crippen molar-refractivity contribution in [3.63, 3.8) is 0 Å². The van der Waals surface area contributed by atoms with Crippen molar-refractivity contribution in [2.75, 3.05) is 19.6 Å². The molecular weight excluding hydrogens is 232 g/mol. The van der Waals surface area contributed by atoms with Crippen LogP contribution in [0.1, 0.15) is 66.2 Å². The highest BCUT2D eigenvalue weighted by Crippen LogP contribution is 2.39. The van der Waals surface area contributed by atoms with Gasteiger partial charge in [-0.05, 0) is 69.9 Å². The van der Waals surface area contributed by atoms with Crippen LogP contribution in [0.15, 0.2) is 0 Å². The zero-order chi connectivity index (χ0) is 13.9. The van der Waals surface area contributed by atoms with Crippen LogP contribution in [-0.2, 0) is 0 Å². The maximum Gasteiger partial charge on any atom is 0.0108 e. The van der Waals surface area contributed by atoms with Crippen molar-refractivity contribution in [2.24, 2.45) is 11.3 Å². The van der Waals surface area contributed by atoms with Crippen LogP contribution in [0.5, 0.6) is 0 Å². The second-order valence-corrected chi connectivity index (χ2v) is 7.71. The molecule has 3 atom stereocenters. The van der Waals surface area contributed by atoms with Crippen molar-refractivity contribution in [2.45, 2.75) is 78.3 Å². The average Bonchev–Trinajstić information content (AvgIpc) is 2.73. The molecule has 1 aliphatic carbocycles. The zero-order valence-corrected chi connectivity index (χ0v) is 13.5. The quantitative estimate of drug-likeness (QED) is 0.817. The van der Waals surface area contributed by atoms with E-state index in [4.69, 9.17) is 0 Å². The molecule has 1 N–H and O–H groups in total. The normalized spacial score (nSPS) is 35.7.